The maximum Gasteiger partial charge on any atom is 0.332 e. The molecule has 152 valence electrons. The summed E-state index contributed by atoms with van der Waals surface area (Å²) in [5, 5.41) is 10.3. The van der Waals surface area contributed by atoms with E-state index in [1.54, 1.807) is 13.8 Å². The summed E-state index contributed by atoms with van der Waals surface area (Å²) in [5.41, 5.74) is -0.518. The van der Waals surface area contributed by atoms with E-state index >= 15 is 0 Å². The van der Waals surface area contributed by atoms with Gasteiger partial charge in [-0.1, -0.05) is 6.08 Å². The lowest BCUT2D eigenvalue weighted by atomic mass is 9.78. The fraction of sp³-hybridized carbons (Fsp3) is 0.579. The van der Waals surface area contributed by atoms with E-state index in [0.29, 0.717) is 6.42 Å². The molecule has 0 saturated heterocycles. The first-order chi connectivity index (χ1) is 13.0. The summed E-state index contributed by atoms with van der Waals surface area (Å²) in [6.45, 7) is 5.21. The lowest BCUT2D eigenvalue weighted by molar-refractivity contribution is -0.150. The Labute approximate surface area is 161 Å². The predicted molar refractivity (Wildman–Crippen MR) is 103 cm³/mol. The number of fused-ring (bicyclic) bond motifs is 1. The van der Waals surface area contributed by atoms with Crippen LogP contribution in [0.5, 0.6) is 0 Å². The summed E-state index contributed by atoms with van der Waals surface area (Å²) in [6.07, 6.45) is 4.20. The van der Waals surface area contributed by atoms with E-state index in [4.69, 9.17) is 4.74 Å². The smallest absolute Gasteiger partial charge is 0.332 e. The van der Waals surface area contributed by atoms with Crippen LogP contribution in [0.4, 0.5) is 0 Å². The Hall–Kier alpha value is -2.68. The van der Waals surface area contributed by atoms with Gasteiger partial charge in [0.25, 0.3) is 5.56 Å². The Morgan fingerprint density at radius 2 is 2.00 bits per heavy atom. The van der Waals surface area contributed by atoms with Crippen molar-refractivity contribution in [3.8, 4) is 0 Å². The molecule has 2 aromatic rings. The van der Waals surface area contributed by atoms with E-state index in [1.165, 1.54) is 29.6 Å². The number of allylic oxidation sites excluding steroid dienone is 1. The number of rotatable bonds is 4. The van der Waals surface area contributed by atoms with Crippen molar-refractivity contribution in [3.05, 3.63) is 38.8 Å². The van der Waals surface area contributed by atoms with Gasteiger partial charge < -0.3 is 14.4 Å². The molecule has 2 aromatic heterocycles. The molecule has 2 heterocycles. The van der Waals surface area contributed by atoms with Gasteiger partial charge in [-0.2, -0.15) is 0 Å². The summed E-state index contributed by atoms with van der Waals surface area (Å²) < 4.78 is 9.27. The number of imidazole rings is 1. The highest BCUT2D eigenvalue weighted by atomic mass is 16.5. The number of carbonyl (C=O) groups excluding carboxylic acids is 1. The normalized spacial score (nSPS) is 20.3. The topological polar surface area (TPSA) is 108 Å². The summed E-state index contributed by atoms with van der Waals surface area (Å²) in [7, 11) is 2.90. The zero-order valence-electron chi connectivity index (χ0n) is 16.8. The molecule has 9 heteroatoms. The van der Waals surface area contributed by atoms with Crippen LogP contribution in [-0.2, 0) is 30.2 Å². The van der Waals surface area contributed by atoms with E-state index in [1.807, 2.05) is 13.0 Å². The fourth-order valence-electron chi connectivity index (χ4n) is 3.57. The minimum Gasteiger partial charge on any atom is -0.457 e. The lowest BCUT2D eigenvalue weighted by Gasteiger charge is -2.35. The lowest BCUT2D eigenvalue weighted by Crippen LogP contribution is -2.38. The van der Waals surface area contributed by atoms with Gasteiger partial charge in [0, 0.05) is 14.1 Å². The van der Waals surface area contributed by atoms with Crippen molar-refractivity contribution in [2.45, 2.75) is 51.9 Å². The van der Waals surface area contributed by atoms with Crippen molar-refractivity contribution in [2.24, 2.45) is 20.0 Å². The summed E-state index contributed by atoms with van der Waals surface area (Å²) in [4.78, 5) is 41.1. The minimum atomic E-state index is -0.862. The number of aromatic nitrogens is 4. The average molecular weight is 390 g/mol. The largest absolute Gasteiger partial charge is 0.457 e. The Morgan fingerprint density at radius 1 is 1.32 bits per heavy atom. The molecule has 0 unspecified atom stereocenters. The number of aliphatic hydroxyl groups is 1. The van der Waals surface area contributed by atoms with Crippen LogP contribution in [0, 0.1) is 5.92 Å². The molecule has 9 nitrogen and oxygen atoms in total. The van der Waals surface area contributed by atoms with Crippen LogP contribution >= 0.6 is 0 Å². The zero-order valence-corrected chi connectivity index (χ0v) is 16.8. The van der Waals surface area contributed by atoms with E-state index in [2.05, 4.69) is 4.98 Å². The highest BCUT2D eigenvalue weighted by Crippen LogP contribution is 2.33. The quantitative estimate of drug-likeness (QED) is 0.601. The van der Waals surface area contributed by atoms with Gasteiger partial charge >= 0.3 is 11.7 Å². The maximum atomic E-state index is 12.5. The Kier molecular flexibility index (Phi) is 5.05. The summed E-state index contributed by atoms with van der Waals surface area (Å²) >= 11 is 0. The first kappa shape index (κ1) is 20.1. The second-order valence-corrected chi connectivity index (χ2v) is 8.00. The van der Waals surface area contributed by atoms with Crippen LogP contribution in [0.15, 0.2) is 27.6 Å². The van der Waals surface area contributed by atoms with E-state index < -0.39 is 28.9 Å². The van der Waals surface area contributed by atoms with Crippen molar-refractivity contribution < 1.29 is 14.6 Å². The molecule has 0 aromatic carbocycles. The Bertz CT molecular complexity index is 1070. The summed E-state index contributed by atoms with van der Waals surface area (Å²) in [5.74, 6) is -0.519. The van der Waals surface area contributed by atoms with Gasteiger partial charge in [0.1, 0.15) is 12.6 Å². The molecule has 0 aliphatic heterocycles. The number of esters is 1. The SMILES string of the molecule is CC1=CC[C@H](C(C)(C)O)C[C@H]1OC(=O)Cn1cnc2c1c(=O)n(C)c(=O)n2C. The number of nitrogens with zero attached hydrogens (tertiary/aromatic N) is 4. The van der Waals surface area contributed by atoms with Crippen molar-refractivity contribution in [3.63, 3.8) is 0 Å². The molecule has 28 heavy (non-hydrogen) atoms. The number of hydrogen-bond donors (Lipinski definition) is 1. The highest BCUT2D eigenvalue weighted by Gasteiger charge is 2.33. The molecule has 0 amide bonds. The molecule has 3 rings (SSSR count). The number of carbonyl (C=O) groups is 1. The monoisotopic (exact) mass is 390 g/mol. The van der Waals surface area contributed by atoms with Gasteiger partial charge in [0.15, 0.2) is 11.2 Å². The average Bonchev–Trinajstić information content (AvgIpc) is 3.02. The van der Waals surface area contributed by atoms with Crippen molar-refractivity contribution >= 4 is 17.1 Å². The van der Waals surface area contributed by atoms with Gasteiger partial charge in [-0.3, -0.25) is 18.7 Å². The van der Waals surface area contributed by atoms with Crippen LogP contribution in [-0.4, -0.2) is 41.5 Å². The standard InChI is InChI=1S/C19H26N4O5/c1-11-6-7-12(19(2,3)27)8-13(11)28-14(24)9-23-10-20-16-15(23)17(25)22(5)18(26)21(16)4/h6,10,12-13,27H,7-9H2,1-5H3/t12-,13+/m0/s1. The second kappa shape index (κ2) is 7.05. The van der Waals surface area contributed by atoms with Gasteiger partial charge in [0.2, 0.25) is 0 Å². The van der Waals surface area contributed by atoms with Gasteiger partial charge in [0.05, 0.1) is 11.9 Å². The van der Waals surface area contributed by atoms with Crippen molar-refractivity contribution in [1.29, 1.82) is 0 Å². The predicted octanol–water partition coefficient (Wildman–Crippen LogP) is 0.473. The third-order valence-electron chi connectivity index (χ3n) is 5.52. The Balaban J connectivity index is 1.83. The number of ether oxygens (including phenoxy) is 1. The van der Waals surface area contributed by atoms with Crippen LogP contribution in [0.3, 0.4) is 0 Å². The number of hydrogen-bond acceptors (Lipinski definition) is 6. The Morgan fingerprint density at radius 3 is 2.64 bits per heavy atom. The molecule has 1 aliphatic carbocycles. The van der Waals surface area contributed by atoms with E-state index in [0.717, 1.165) is 16.6 Å². The van der Waals surface area contributed by atoms with Crippen molar-refractivity contribution in [1.82, 2.24) is 18.7 Å². The van der Waals surface area contributed by atoms with Crippen LogP contribution in [0.25, 0.3) is 11.2 Å². The van der Waals surface area contributed by atoms with Gasteiger partial charge in [-0.15, -0.1) is 0 Å². The van der Waals surface area contributed by atoms with Gasteiger partial charge in [-0.25, -0.2) is 9.78 Å². The molecule has 1 aliphatic rings. The second-order valence-electron chi connectivity index (χ2n) is 8.00. The maximum absolute atomic E-state index is 12.5. The van der Waals surface area contributed by atoms with Gasteiger partial charge in [-0.05, 0) is 45.1 Å². The van der Waals surface area contributed by atoms with Crippen LogP contribution in [0.1, 0.15) is 33.6 Å². The molecule has 0 radical (unpaired) electrons. The first-order valence-corrected chi connectivity index (χ1v) is 9.20. The summed E-state index contributed by atoms with van der Waals surface area (Å²) in [6, 6.07) is 0. The third kappa shape index (κ3) is 3.54. The molecule has 0 bridgehead atoms. The fourth-order valence-corrected chi connectivity index (χ4v) is 3.57. The van der Waals surface area contributed by atoms with Crippen molar-refractivity contribution in [2.75, 3.05) is 0 Å². The van der Waals surface area contributed by atoms with Crippen LogP contribution < -0.4 is 11.2 Å². The van der Waals surface area contributed by atoms with Crippen LogP contribution in [0.2, 0.25) is 0 Å². The minimum absolute atomic E-state index is 0.00936. The molecular formula is C19H26N4O5. The molecule has 2 atom stereocenters. The zero-order chi connectivity index (χ0) is 20.8. The first-order valence-electron chi connectivity index (χ1n) is 9.20. The van der Waals surface area contributed by atoms with E-state index in [9.17, 15) is 19.5 Å². The third-order valence-corrected chi connectivity index (χ3v) is 5.52. The highest BCUT2D eigenvalue weighted by molar-refractivity contribution is 5.75. The molecule has 1 N–H and O–H groups in total. The van der Waals surface area contributed by atoms with E-state index in [-0.39, 0.29) is 23.6 Å². The molecule has 0 fully saturated rings. The molecule has 0 saturated carbocycles. The molecular weight excluding hydrogens is 364 g/mol. The molecule has 0 spiro atoms. The number of aryl methyl sites for hydroxylation is 1.